The molecule has 1 aromatic rings. The standard InChI is InChI=1S/C15H18ClNO3/c1-10-4-3-5-11(13(10)16)8-12(18)17-7-6-15(2,9-17)14(19)20/h3-5H,6-9H2,1-2H3,(H,19,20). The van der Waals surface area contributed by atoms with Gasteiger partial charge >= 0.3 is 5.97 Å². The first-order valence-corrected chi connectivity index (χ1v) is 6.96. The van der Waals surface area contributed by atoms with E-state index in [0.717, 1.165) is 11.1 Å². The molecule has 1 aliphatic heterocycles. The number of halogens is 1. The smallest absolute Gasteiger partial charge is 0.311 e. The zero-order valence-electron chi connectivity index (χ0n) is 11.6. The molecule has 4 nitrogen and oxygen atoms in total. The minimum atomic E-state index is -0.846. The maximum atomic E-state index is 12.3. The summed E-state index contributed by atoms with van der Waals surface area (Å²) in [5, 5.41) is 9.80. The Hall–Kier alpha value is -1.55. The summed E-state index contributed by atoms with van der Waals surface area (Å²) in [6.45, 7) is 4.34. The number of aliphatic carboxylic acids is 1. The van der Waals surface area contributed by atoms with Crippen molar-refractivity contribution >= 4 is 23.5 Å². The fourth-order valence-electron chi connectivity index (χ4n) is 2.47. The Labute approximate surface area is 123 Å². The second-order valence-electron chi connectivity index (χ2n) is 5.66. The number of likely N-dealkylation sites (tertiary alicyclic amines) is 1. The molecule has 1 amide bonds. The van der Waals surface area contributed by atoms with Gasteiger partial charge in [0, 0.05) is 18.1 Å². The first kappa shape index (κ1) is 14.9. The molecule has 1 fully saturated rings. The summed E-state index contributed by atoms with van der Waals surface area (Å²) in [6, 6.07) is 5.60. The molecule has 1 unspecified atom stereocenters. The SMILES string of the molecule is Cc1cccc(CC(=O)N2CCC(C)(C(=O)O)C2)c1Cl. The summed E-state index contributed by atoms with van der Waals surface area (Å²) in [5.74, 6) is -0.913. The van der Waals surface area contributed by atoms with E-state index in [2.05, 4.69) is 0 Å². The molecule has 108 valence electrons. The molecule has 0 aliphatic carbocycles. The van der Waals surface area contributed by atoms with E-state index in [9.17, 15) is 14.7 Å². The van der Waals surface area contributed by atoms with Gasteiger partial charge in [-0.2, -0.15) is 0 Å². The number of carbonyl (C=O) groups is 2. The van der Waals surface area contributed by atoms with Crippen molar-refractivity contribution in [3.63, 3.8) is 0 Å². The van der Waals surface area contributed by atoms with Gasteiger partial charge in [-0.3, -0.25) is 9.59 Å². The number of carboxylic acid groups (broad SMARTS) is 1. The Kier molecular flexibility index (Phi) is 4.04. The maximum Gasteiger partial charge on any atom is 0.311 e. The van der Waals surface area contributed by atoms with E-state index in [1.807, 2.05) is 25.1 Å². The predicted molar refractivity (Wildman–Crippen MR) is 76.8 cm³/mol. The fourth-order valence-corrected chi connectivity index (χ4v) is 2.66. The Morgan fingerprint density at radius 3 is 2.75 bits per heavy atom. The van der Waals surface area contributed by atoms with Crippen LogP contribution in [0.2, 0.25) is 5.02 Å². The molecule has 0 spiro atoms. The number of hydrogen-bond acceptors (Lipinski definition) is 2. The van der Waals surface area contributed by atoms with E-state index in [-0.39, 0.29) is 18.9 Å². The fraction of sp³-hybridized carbons (Fsp3) is 0.467. The van der Waals surface area contributed by atoms with E-state index in [1.54, 1.807) is 11.8 Å². The third-order valence-electron chi connectivity index (χ3n) is 3.96. The molecule has 1 aliphatic rings. The molecule has 5 heteroatoms. The zero-order chi connectivity index (χ0) is 14.9. The van der Waals surface area contributed by atoms with Crippen molar-refractivity contribution in [2.24, 2.45) is 5.41 Å². The molecular weight excluding hydrogens is 278 g/mol. The van der Waals surface area contributed by atoms with Gasteiger partial charge in [0.25, 0.3) is 0 Å². The lowest BCUT2D eigenvalue weighted by Gasteiger charge is -2.20. The van der Waals surface area contributed by atoms with Crippen LogP contribution in [0.3, 0.4) is 0 Å². The summed E-state index contributed by atoms with van der Waals surface area (Å²) in [5.41, 5.74) is 0.904. The lowest BCUT2D eigenvalue weighted by atomic mass is 9.90. The van der Waals surface area contributed by atoms with Gasteiger partial charge in [0.15, 0.2) is 0 Å². The molecule has 1 heterocycles. The van der Waals surface area contributed by atoms with Crippen LogP contribution in [0.1, 0.15) is 24.5 Å². The average Bonchev–Trinajstić information content (AvgIpc) is 2.79. The van der Waals surface area contributed by atoms with Gasteiger partial charge in [0.05, 0.1) is 11.8 Å². The minimum Gasteiger partial charge on any atom is -0.481 e. The van der Waals surface area contributed by atoms with Crippen molar-refractivity contribution in [1.29, 1.82) is 0 Å². The van der Waals surface area contributed by atoms with Crippen LogP contribution in [0, 0.1) is 12.3 Å². The highest BCUT2D eigenvalue weighted by Gasteiger charge is 2.41. The third-order valence-corrected chi connectivity index (χ3v) is 4.50. The van der Waals surface area contributed by atoms with Gasteiger partial charge in [0.1, 0.15) is 0 Å². The average molecular weight is 296 g/mol. The van der Waals surface area contributed by atoms with Crippen LogP contribution in [0.25, 0.3) is 0 Å². The Morgan fingerprint density at radius 1 is 1.45 bits per heavy atom. The number of rotatable bonds is 3. The van der Waals surface area contributed by atoms with Crippen LogP contribution in [0.4, 0.5) is 0 Å². The summed E-state index contributed by atoms with van der Waals surface area (Å²) >= 11 is 6.19. The summed E-state index contributed by atoms with van der Waals surface area (Å²) < 4.78 is 0. The summed E-state index contributed by atoms with van der Waals surface area (Å²) in [6.07, 6.45) is 0.714. The molecule has 0 bridgehead atoms. The van der Waals surface area contributed by atoms with E-state index in [0.29, 0.717) is 18.0 Å². The molecule has 1 N–H and O–H groups in total. The molecule has 1 atom stereocenters. The van der Waals surface area contributed by atoms with Crippen molar-refractivity contribution in [2.45, 2.75) is 26.7 Å². The molecule has 0 aromatic heterocycles. The van der Waals surface area contributed by atoms with Gasteiger partial charge in [0.2, 0.25) is 5.91 Å². The number of amides is 1. The van der Waals surface area contributed by atoms with Crippen molar-refractivity contribution < 1.29 is 14.7 Å². The third kappa shape index (κ3) is 2.80. The van der Waals surface area contributed by atoms with Gasteiger partial charge in [-0.25, -0.2) is 0 Å². The van der Waals surface area contributed by atoms with Crippen LogP contribution in [-0.2, 0) is 16.0 Å². The van der Waals surface area contributed by atoms with Crippen molar-refractivity contribution in [2.75, 3.05) is 13.1 Å². The van der Waals surface area contributed by atoms with E-state index in [4.69, 9.17) is 11.6 Å². The molecule has 20 heavy (non-hydrogen) atoms. The Morgan fingerprint density at radius 2 is 2.15 bits per heavy atom. The van der Waals surface area contributed by atoms with Crippen molar-refractivity contribution in [3.05, 3.63) is 34.3 Å². The molecule has 1 saturated heterocycles. The Balaban J connectivity index is 2.07. The van der Waals surface area contributed by atoms with Gasteiger partial charge < -0.3 is 10.0 Å². The quantitative estimate of drug-likeness (QED) is 0.932. The molecule has 1 aromatic carbocycles. The largest absolute Gasteiger partial charge is 0.481 e. The van der Waals surface area contributed by atoms with Crippen LogP contribution >= 0.6 is 11.6 Å². The second kappa shape index (κ2) is 5.44. The van der Waals surface area contributed by atoms with Crippen molar-refractivity contribution in [1.82, 2.24) is 4.90 Å². The predicted octanol–water partition coefficient (Wildman–Crippen LogP) is 2.51. The van der Waals surface area contributed by atoms with Gasteiger partial charge in [-0.15, -0.1) is 0 Å². The normalized spacial score (nSPS) is 22.1. The van der Waals surface area contributed by atoms with E-state index >= 15 is 0 Å². The molecular formula is C15H18ClNO3. The maximum absolute atomic E-state index is 12.3. The molecule has 0 radical (unpaired) electrons. The van der Waals surface area contributed by atoms with Crippen LogP contribution in [0.5, 0.6) is 0 Å². The van der Waals surface area contributed by atoms with Crippen LogP contribution in [0.15, 0.2) is 18.2 Å². The number of carbonyl (C=O) groups excluding carboxylic acids is 1. The lowest BCUT2D eigenvalue weighted by molar-refractivity contribution is -0.147. The highest BCUT2D eigenvalue weighted by atomic mass is 35.5. The lowest BCUT2D eigenvalue weighted by Crippen LogP contribution is -2.35. The summed E-state index contributed by atoms with van der Waals surface area (Å²) in [4.78, 5) is 25.1. The monoisotopic (exact) mass is 295 g/mol. The highest BCUT2D eigenvalue weighted by Crippen LogP contribution is 2.31. The van der Waals surface area contributed by atoms with Gasteiger partial charge in [-0.1, -0.05) is 29.8 Å². The summed E-state index contributed by atoms with van der Waals surface area (Å²) in [7, 11) is 0. The molecule has 0 saturated carbocycles. The number of aryl methyl sites for hydroxylation is 1. The first-order valence-electron chi connectivity index (χ1n) is 6.59. The second-order valence-corrected chi connectivity index (χ2v) is 6.03. The van der Waals surface area contributed by atoms with Gasteiger partial charge in [-0.05, 0) is 31.4 Å². The van der Waals surface area contributed by atoms with Crippen LogP contribution < -0.4 is 0 Å². The van der Waals surface area contributed by atoms with E-state index < -0.39 is 11.4 Å². The van der Waals surface area contributed by atoms with Crippen molar-refractivity contribution in [3.8, 4) is 0 Å². The zero-order valence-corrected chi connectivity index (χ0v) is 12.4. The molecule has 2 rings (SSSR count). The topological polar surface area (TPSA) is 57.6 Å². The number of carboxylic acids is 1. The number of hydrogen-bond donors (Lipinski definition) is 1. The number of nitrogens with zero attached hydrogens (tertiary/aromatic N) is 1. The first-order chi connectivity index (χ1) is 9.33. The minimum absolute atomic E-state index is 0.0672. The Bertz CT molecular complexity index is 558. The van der Waals surface area contributed by atoms with Crippen LogP contribution in [-0.4, -0.2) is 35.0 Å². The van der Waals surface area contributed by atoms with E-state index in [1.165, 1.54) is 0 Å². The highest BCUT2D eigenvalue weighted by molar-refractivity contribution is 6.32. The number of benzene rings is 1.